The van der Waals surface area contributed by atoms with Gasteiger partial charge in [-0.05, 0) is 18.2 Å². The molecule has 0 aliphatic rings. The van der Waals surface area contributed by atoms with Crippen molar-refractivity contribution in [2.45, 2.75) is 0 Å². The third-order valence-corrected chi connectivity index (χ3v) is 3.43. The summed E-state index contributed by atoms with van der Waals surface area (Å²) >= 11 is 17.5. The standard InChI is InChI=1S/C11H4Cl3F2N/c12-7-3-1-5(9(13)10(7)14)6-2-4-8(15)17-11(6)16/h1-4H. The molecule has 0 saturated carbocycles. The summed E-state index contributed by atoms with van der Waals surface area (Å²) in [5.41, 5.74) is 0.376. The summed E-state index contributed by atoms with van der Waals surface area (Å²) in [5, 5.41) is 0.483. The van der Waals surface area contributed by atoms with Gasteiger partial charge in [0.2, 0.25) is 11.9 Å². The molecule has 0 bridgehead atoms. The van der Waals surface area contributed by atoms with Crippen molar-refractivity contribution in [2.24, 2.45) is 0 Å². The fraction of sp³-hybridized carbons (Fsp3) is 0. The van der Waals surface area contributed by atoms with E-state index in [4.69, 9.17) is 34.8 Å². The Bertz CT molecular complexity index is 587. The van der Waals surface area contributed by atoms with Gasteiger partial charge in [-0.3, -0.25) is 0 Å². The Morgan fingerprint density at radius 2 is 1.47 bits per heavy atom. The number of hydrogen-bond acceptors (Lipinski definition) is 1. The van der Waals surface area contributed by atoms with Crippen molar-refractivity contribution in [3.63, 3.8) is 0 Å². The Hall–Kier alpha value is -0.900. The van der Waals surface area contributed by atoms with Crippen LogP contribution < -0.4 is 0 Å². The van der Waals surface area contributed by atoms with E-state index in [9.17, 15) is 8.78 Å². The molecule has 1 aromatic carbocycles. The molecule has 0 N–H and O–H groups in total. The molecule has 0 unspecified atom stereocenters. The highest BCUT2D eigenvalue weighted by Crippen LogP contribution is 2.38. The maximum absolute atomic E-state index is 13.5. The predicted octanol–water partition coefficient (Wildman–Crippen LogP) is 4.99. The van der Waals surface area contributed by atoms with Gasteiger partial charge in [0, 0.05) is 11.1 Å². The number of aromatic nitrogens is 1. The van der Waals surface area contributed by atoms with Crippen LogP contribution >= 0.6 is 34.8 Å². The van der Waals surface area contributed by atoms with Crippen molar-refractivity contribution >= 4 is 34.8 Å². The minimum Gasteiger partial charge on any atom is -0.190 e. The average Bonchev–Trinajstić information content (AvgIpc) is 2.28. The molecule has 1 heterocycles. The largest absolute Gasteiger partial charge is 0.223 e. The van der Waals surface area contributed by atoms with Crippen molar-refractivity contribution < 1.29 is 8.78 Å². The van der Waals surface area contributed by atoms with Gasteiger partial charge in [-0.2, -0.15) is 13.8 Å². The molecule has 2 rings (SSSR count). The summed E-state index contributed by atoms with van der Waals surface area (Å²) in [4.78, 5) is 3.08. The second kappa shape index (κ2) is 4.77. The highest BCUT2D eigenvalue weighted by Gasteiger charge is 2.14. The van der Waals surface area contributed by atoms with Gasteiger partial charge in [0.05, 0.1) is 15.1 Å². The van der Waals surface area contributed by atoms with Crippen LogP contribution in [-0.2, 0) is 0 Å². The average molecular weight is 295 g/mol. The van der Waals surface area contributed by atoms with Crippen LogP contribution in [0.1, 0.15) is 0 Å². The van der Waals surface area contributed by atoms with Crippen LogP contribution in [0.15, 0.2) is 24.3 Å². The Balaban J connectivity index is 2.65. The predicted molar refractivity (Wildman–Crippen MR) is 64.6 cm³/mol. The van der Waals surface area contributed by atoms with Crippen LogP contribution in [-0.4, -0.2) is 4.98 Å². The number of hydrogen-bond donors (Lipinski definition) is 0. The number of rotatable bonds is 1. The van der Waals surface area contributed by atoms with Gasteiger partial charge in [0.15, 0.2) is 0 Å². The Labute approximate surface area is 111 Å². The Kier molecular flexibility index (Phi) is 3.52. The summed E-state index contributed by atoms with van der Waals surface area (Å²) < 4.78 is 26.1. The van der Waals surface area contributed by atoms with Crippen molar-refractivity contribution in [1.82, 2.24) is 4.98 Å². The first-order valence-electron chi connectivity index (χ1n) is 4.46. The van der Waals surface area contributed by atoms with Crippen LogP contribution in [0.4, 0.5) is 8.78 Å². The van der Waals surface area contributed by atoms with Gasteiger partial charge in [-0.25, -0.2) is 0 Å². The molecule has 0 amide bonds. The lowest BCUT2D eigenvalue weighted by Crippen LogP contribution is -1.93. The van der Waals surface area contributed by atoms with E-state index in [1.165, 1.54) is 18.2 Å². The van der Waals surface area contributed by atoms with Gasteiger partial charge < -0.3 is 0 Å². The van der Waals surface area contributed by atoms with Crippen molar-refractivity contribution in [3.8, 4) is 11.1 Å². The van der Waals surface area contributed by atoms with Crippen molar-refractivity contribution in [1.29, 1.82) is 0 Å². The van der Waals surface area contributed by atoms with Gasteiger partial charge in [-0.1, -0.05) is 40.9 Å². The van der Waals surface area contributed by atoms with Gasteiger partial charge >= 0.3 is 0 Å². The number of halogens is 5. The third kappa shape index (κ3) is 2.37. The third-order valence-electron chi connectivity index (χ3n) is 2.14. The van der Waals surface area contributed by atoms with E-state index in [0.29, 0.717) is 5.56 Å². The molecule has 1 aromatic heterocycles. The summed E-state index contributed by atoms with van der Waals surface area (Å²) in [6, 6.07) is 5.25. The topological polar surface area (TPSA) is 12.9 Å². The van der Waals surface area contributed by atoms with Crippen LogP contribution in [0.5, 0.6) is 0 Å². The van der Waals surface area contributed by atoms with Crippen LogP contribution in [0.25, 0.3) is 11.1 Å². The van der Waals surface area contributed by atoms with E-state index < -0.39 is 11.9 Å². The molecule has 0 aliphatic carbocycles. The monoisotopic (exact) mass is 293 g/mol. The second-order valence-electron chi connectivity index (χ2n) is 3.20. The molecule has 88 valence electrons. The Morgan fingerprint density at radius 3 is 2.12 bits per heavy atom. The first kappa shape index (κ1) is 12.6. The lowest BCUT2D eigenvalue weighted by atomic mass is 10.1. The van der Waals surface area contributed by atoms with Gasteiger partial charge in [0.25, 0.3) is 0 Å². The van der Waals surface area contributed by atoms with Crippen molar-refractivity contribution in [3.05, 3.63) is 51.2 Å². The number of pyridine rings is 1. The maximum atomic E-state index is 13.5. The number of nitrogens with zero attached hydrogens (tertiary/aromatic N) is 1. The number of benzene rings is 1. The zero-order valence-electron chi connectivity index (χ0n) is 8.15. The molecule has 0 aliphatic heterocycles. The normalized spacial score (nSPS) is 10.6. The first-order valence-corrected chi connectivity index (χ1v) is 5.60. The van der Waals surface area contributed by atoms with Gasteiger partial charge in [-0.15, -0.1) is 0 Å². The summed E-state index contributed by atoms with van der Waals surface area (Å²) in [6.07, 6.45) is 0. The smallest absolute Gasteiger partial charge is 0.190 e. The molecule has 2 aromatic rings. The fourth-order valence-electron chi connectivity index (χ4n) is 1.35. The molecule has 6 heteroatoms. The Morgan fingerprint density at radius 1 is 0.824 bits per heavy atom. The molecule has 1 nitrogen and oxygen atoms in total. The van der Waals surface area contributed by atoms with E-state index >= 15 is 0 Å². The van der Waals surface area contributed by atoms with E-state index in [1.807, 2.05) is 0 Å². The quantitative estimate of drug-likeness (QED) is 0.533. The molecular weight excluding hydrogens is 290 g/mol. The first-order chi connectivity index (χ1) is 8.00. The second-order valence-corrected chi connectivity index (χ2v) is 4.36. The van der Waals surface area contributed by atoms with E-state index in [1.54, 1.807) is 0 Å². The molecule has 0 fully saturated rings. The van der Waals surface area contributed by atoms with Crippen LogP contribution in [0.2, 0.25) is 15.1 Å². The van der Waals surface area contributed by atoms with Crippen molar-refractivity contribution in [2.75, 3.05) is 0 Å². The minimum absolute atomic E-state index is 0.0648. The van der Waals surface area contributed by atoms with E-state index in [0.717, 1.165) is 6.07 Å². The molecular formula is C11H4Cl3F2N. The molecule has 0 radical (unpaired) electrons. The fourth-order valence-corrected chi connectivity index (χ4v) is 1.98. The SMILES string of the molecule is Fc1ccc(-c2ccc(Cl)c(Cl)c2Cl)c(F)n1. The highest BCUT2D eigenvalue weighted by atomic mass is 35.5. The minimum atomic E-state index is -0.953. The molecule has 0 saturated heterocycles. The van der Waals surface area contributed by atoms with Crippen LogP contribution in [0, 0.1) is 11.9 Å². The molecule has 0 atom stereocenters. The maximum Gasteiger partial charge on any atom is 0.223 e. The summed E-state index contributed by atoms with van der Waals surface area (Å²) in [5.74, 6) is -1.85. The zero-order valence-corrected chi connectivity index (χ0v) is 10.4. The summed E-state index contributed by atoms with van der Waals surface area (Å²) in [7, 11) is 0. The summed E-state index contributed by atoms with van der Waals surface area (Å²) in [6.45, 7) is 0. The molecule has 17 heavy (non-hydrogen) atoms. The van der Waals surface area contributed by atoms with E-state index in [-0.39, 0.29) is 20.6 Å². The highest BCUT2D eigenvalue weighted by molar-refractivity contribution is 6.49. The van der Waals surface area contributed by atoms with E-state index in [2.05, 4.69) is 4.98 Å². The lowest BCUT2D eigenvalue weighted by Gasteiger charge is -2.07. The van der Waals surface area contributed by atoms with Gasteiger partial charge in [0.1, 0.15) is 0 Å². The molecule has 0 spiro atoms. The zero-order chi connectivity index (χ0) is 12.6. The van der Waals surface area contributed by atoms with Crippen LogP contribution in [0.3, 0.4) is 0 Å². The lowest BCUT2D eigenvalue weighted by molar-refractivity contribution is 0.515.